The number of carbonyl (C=O) groups is 1. The van der Waals surface area contributed by atoms with Gasteiger partial charge in [0, 0.05) is 5.39 Å². The number of carbonyl (C=O) groups excluding carboxylic acids is 1. The summed E-state index contributed by atoms with van der Waals surface area (Å²) in [5, 5.41) is 3.25. The molecule has 1 aromatic heterocycles. The Labute approximate surface area is 137 Å². The number of fused-ring (bicyclic) bond motifs is 1. The Morgan fingerprint density at radius 2 is 1.83 bits per heavy atom. The highest BCUT2D eigenvalue weighted by molar-refractivity contribution is 7.93. The maximum Gasteiger partial charge on any atom is 0.349 e. The van der Waals surface area contributed by atoms with E-state index in [9.17, 15) is 13.2 Å². The number of methoxy groups -OCH3 is 1. The summed E-state index contributed by atoms with van der Waals surface area (Å²) in [4.78, 5) is 11.7. The summed E-state index contributed by atoms with van der Waals surface area (Å²) < 4.78 is 32.5. The number of benzene rings is 2. The minimum atomic E-state index is -3.89. The Balaban J connectivity index is 2.05. The molecule has 0 radical (unpaired) electrons. The monoisotopic (exact) mass is 347 g/mol. The number of esters is 1. The van der Waals surface area contributed by atoms with Crippen LogP contribution in [0.2, 0.25) is 0 Å². The molecule has 1 N–H and O–H groups in total. The molecule has 0 aliphatic rings. The van der Waals surface area contributed by atoms with Crippen molar-refractivity contribution in [2.24, 2.45) is 0 Å². The van der Waals surface area contributed by atoms with Gasteiger partial charge in [-0.25, -0.2) is 13.2 Å². The van der Waals surface area contributed by atoms with Gasteiger partial charge in [-0.1, -0.05) is 36.4 Å². The Morgan fingerprint density at radius 3 is 2.61 bits per heavy atom. The van der Waals surface area contributed by atoms with E-state index < -0.39 is 16.0 Å². The van der Waals surface area contributed by atoms with Gasteiger partial charge in [0.25, 0.3) is 10.0 Å². The molecule has 7 heteroatoms. The largest absolute Gasteiger partial charge is 0.465 e. The highest BCUT2D eigenvalue weighted by Crippen LogP contribution is 2.28. The first-order valence-electron chi connectivity index (χ1n) is 6.69. The highest BCUT2D eigenvalue weighted by atomic mass is 32.2. The number of hydrogen-bond acceptors (Lipinski definition) is 5. The van der Waals surface area contributed by atoms with Gasteiger partial charge in [0.1, 0.15) is 9.77 Å². The number of rotatable bonds is 4. The standard InChI is InChI=1S/C16H13NO4S2/c1-21-16(18)15-14(9-10-22-15)23(19,20)17-13-8-4-6-11-5-2-3-7-12(11)13/h2-10,17H,1H3. The van der Waals surface area contributed by atoms with Crippen molar-refractivity contribution in [1.29, 1.82) is 0 Å². The summed E-state index contributed by atoms with van der Waals surface area (Å²) in [6, 6.07) is 14.2. The zero-order chi connectivity index (χ0) is 16.4. The van der Waals surface area contributed by atoms with E-state index in [2.05, 4.69) is 9.46 Å². The molecule has 5 nitrogen and oxygen atoms in total. The summed E-state index contributed by atoms with van der Waals surface area (Å²) in [5.41, 5.74) is 0.463. The smallest absolute Gasteiger partial charge is 0.349 e. The van der Waals surface area contributed by atoms with Gasteiger partial charge in [0.05, 0.1) is 12.8 Å². The molecule has 0 saturated heterocycles. The number of nitrogens with one attached hydrogen (secondary N) is 1. The minimum Gasteiger partial charge on any atom is -0.465 e. The highest BCUT2D eigenvalue weighted by Gasteiger charge is 2.25. The third kappa shape index (κ3) is 2.93. The van der Waals surface area contributed by atoms with E-state index in [1.807, 2.05) is 30.3 Å². The van der Waals surface area contributed by atoms with E-state index in [4.69, 9.17) is 0 Å². The van der Waals surface area contributed by atoms with Crippen molar-refractivity contribution in [1.82, 2.24) is 0 Å². The van der Waals surface area contributed by atoms with Crippen LogP contribution in [0.4, 0.5) is 5.69 Å². The molecular formula is C16H13NO4S2. The van der Waals surface area contributed by atoms with Crippen LogP contribution in [0.15, 0.2) is 58.8 Å². The lowest BCUT2D eigenvalue weighted by atomic mass is 10.1. The van der Waals surface area contributed by atoms with Crippen molar-refractivity contribution < 1.29 is 17.9 Å². The minimum absolute atomic E-state index is 0.0558. The first-order chi connectivity index (χ1) is 11.0. The third-order valence-corrected chi connectivity index (χ3v) is 5.75. The Hall–Kier alpha value is -2.38. The predicted molar refractivity (Wildman–Crippen MR) is 90.4 cm³/mol. The van der Waals surface area contributed by atoms with Gasteiger partial charge in [0.15, 0.2) is 0 Å². The van der Waals surface area contributed by atoms with Crippen LogP contribution in [-0.2, 0) is 14.8 Å². The lowest BCUT2D eigenvalue weighted by Gasteiger charge is -2.10. The molecule has 0 bridgehead atoms. The number of hydrogen-bond donors (Lipinski definition) is 1. The number of thiophene rings is 1. The van der Waals surface area contributed by atoms with Crippen LogP contribution in [-0.4, -0.2) is 21.5 Å². The zero-order valence-corrected chi connectivity index (χ0v) is 13.8. The van der Waals surface area contributed by atoms with E-state index in [0.717, 1.165) is 22.1 Å². The van der Waals surface area contributed by atoms with Crippen LogP contribution in [0.3, 0.4) is 0 Å². The molecule has 23 heavy (non-hydrogen) atoms. The van der Waals surface area contributed by atoms with Gasteiger partial charge in [0.2, 0.25) is 0 Å². The fourth-order valence-corrected chi connectivity index (χ4v) is 4.68. The molecule has 1 heterocycles. The van der Waals surface area contributed by atoms with E-state index in [1.54, 1.807) is 17.5 Å². The van der Waals surface area contributed by atoms with Gasteiger partial charge >= 0.3 is 5.97 Å². The van der Waals surface area contributed by atoms with Crippen molar-refractivity contribution >= 4 is 43.8 Å². The van der Waals surface area contributed by atoms with Crippen LogP contribution in [0.25, 0.3) is 10.8 Å². The molecule has 118 valence electrons. The molecule has 3 rings (SSSR count). The number of ether oxygens (including phenoxy) is 1. The Kier molecular flexibility index (Phi) is 4.06. The zero-order valence-electron chi connectivity index (χ0n) is 12.1. The van der Waals surface area contributed by atoms with Crippen molar-refractivity contribution in [3.63, 3.8) is 0 Å². The summed E-state index contributed by atoms with van der Waals surface area (Å²) in [6.07, 6.45) is 0. The predicted octanol–water partition coefficient (Wildman–Crippen LogP) is 3.49. The van der Waals surface area contributed by atoms with Crippen LogP contribution in [0.1, 0.15) is 9.67 Å². The SMILES string of the molecule is COC(=O)c1sccc1S(=O)(=O)Nc1cccc2ccccc12. The average molecular weight is 347 g/mol. The maximum atomic E-state index is 12.6. The molecular weight excluding hydrogens is 334 g/mol. The number of sulfonamides is 1. The summed E-state index contributed by atoms with van der Waals surface area (Å²) in [5.74, 6) is -0.668. The molecule has 2 aromatic carbocycles. The second-order valence-corrected chi connectivity index (χ2v) is 7.30. The lowest BCUT2D eigenvalue weighted by Crippen LogP contribution is -2.15. The quantitative estimate of drug-likeness (QED) is 0.733. The van der Waals surface area contributed by atoms with E-state index in [1.165, 1.54) is 13.2 Å². The Morgan fingerprint density at radius 1 is 1.09 bits per heavy atom. The summed E-state index contributed by atoms with van der Waals surface area (Å²) >= 11 is 1.03. The molecule has 0 atom stereocenters. The Bertz CT molecular complexity index is 971. The van der Waals surface area contributed by atoms with Crippen molar-refractivity contribution in [3.8, 4) is 0 Å². The second kappa shape index (κ2) is 6.02. The topological polar surface area (TPSA) is 72.5 Å². The van der Waals surface area contributed by atoms with Crippen molar-refractivity contribution in [2.45, 2.75) is 4.90 Å². The molecule has 0 saturated carbocycles. The molecule has 0 fully saturated rings. The fourth-order valence-electron chi connectivity index (χ4n) is 2.26. The van der Waals surface area contributed by atoms with Gasteiger partial charge < -0.3 is 4.74 Å². The summed E-state index contributed by atoms with van der Waals surface area (Å²) in [7, 11) is -2.67. The van der Waals surface area contributed by atoms with Gasteiger partial charge in [-0.2, -0.15) is 0 Å². The molecule has 0 unspecified atom stereocenters. The van der Waals surface area contributed by atoms with E-state index >= 15 is 0 Å². The van der Waals surface area contributed by atoms with Gasteiger partial charge in [-0.3, -0.25) is 4.72 Å². The first-order valence-corrected chi connectivity index (χ1v) is 9.05. The van der Waals surface area contributed by atoms with Crippen LogP contribution in [0, 0.1) is 0 Å². The summed E-state index contributed by atoms with van der Waals surface area (Å²) in [6.45, 7) is 0. The lowest BCUT2D eigenvalue weighted by molar-refractivity contribution is 0.0602. The van der Waals surface area contributed by atoms with Crippen LogP contribution in [0.5, 0.6) is 0 Å². The van der Waals surface area contributed by atoms with Crippen molar-refractivity contribution in [2.75, 3.05) is 11.8 Å². The second-order valence-electron chi connectivity index (χ2n) is 4.74. The molecule has 3 aromatic rings. The molecule has 0 amide bonds. The maximum absolute atomic E-state index is 12.6. The van der Waals surface area contributed by atoms with E-state index in [0.29, 0.717) is 5.69 Å². The van der Waals surface area contributed by atoms with Gasteiger partial charge in [-0.05, 0) is 22.9 Å². The van der Waals surface area contributed by atoms with E-state index in [-0.39, 0.29) is 9.77 Å². The fraction of sp³-hybridized carbons (Fsp3) is 0.0625. The van der Waals surface area contributed by atoms with Crippen LogP contribution < -0.4 is 4.72 Å². The number of anilines is 1. The van der Waals surface area contributed by atoms with Crippen molar-refractivity contribution in [3.05, 3.63) is 58.8 Å². The normalized spacial score (nSPS) is 11.3. The van der Waals surface area contributed by atoms with Crippen LogP contribution >= 0.6 is 11.3 Å². The van der Waals surface area contributed by atoms with Gasteiger partial charge in [-0.15, -0.1) is 11.3 Å². The molecule has 0 aliphatic carbocycles. The third-order valence-electron chi connectivity index (χ3n) is 3.32. The molecule has 0 aliphatic heterocycles. The molecule has 0 spiro atoms. The first kappa shape index (κ1) is 15.5. The average Bonchev–Trinajstić information content (AvgIpc) is 3.05.